The van der Waals surface area contributed by atoms with Crippen molar-refractivity contribution in [2.45, 2.75) is 17.9 Å². The Morgan fingerprint density at radius 2 is 2.29 bits per heavy atom. The van der Waals surface area contributed by atoms with E-state index in [4.69, 9.17) is 4.74 Å². The van der Waals surface area contributed by atoms with E-state index in [1.165, 1.54) is 6.07 Å². The first-order valence-corrected chi connectivity index (χ1v) is 8.98. The Bertz CT molecular complexity index is 597. The molecule has 1 aliphatic heterocycles. The Balaban J connectivity index is 2.01. The monoisotopic (exact) mass is 380 g/mol. The Labute approximate surface area is 132 Å². The maximum atomic E-state index is 13.0. The summed E-state index contributed by atoms with van der Waals surface area (Å²) in [4.78, 5) is 2.23. The zero-order valence-electron chi connectivity index (χ0n) is 11.7. The van der Waals surface area contributed by atoms with Crippen molar-refractivity contribution in [2.24, 2.45) is 0 Å². The molecule has 1 aromatic rings. The molecule has 0 radical (unpaired) electrons. The van der Waals surface area contributed by atoms with Gasteiger partial charge in [0.2, 0.25) is 10.0 Å². The van der Waals surface area contributed by atoms with E-state index in [-0.39, 0.29) is 22.0 Å². The van der Waals surface area contributed by atoms with Crippen LogP contribution in [0.25, 0.3) is 0 Å². The molecular formula is C13H18BrFN2O3S. The summed E-state index contributed by atoms with van der Waals surface area (Å²) in [7, 11) is -3.69. The van der Waals surface area contributed by atoms with Crippen LogP contribution in [0.5, 0.6) is 0 Å². The van der Waals surface area contributed by atoms with Gasteiger partial charge < -0.3 is 4.74 Å². The first kappa shape index (κ1) is 16.8. The molecule has 0 amide bonds. The van der Waals surface area contributed by atoms with Crippen molar-refractivity contribution >= 4 is 26.0 Å². The number of likely N-dealkylation sites (N-methyl/N-ethyl adjacent to an activating group) is 1. The lowest BCUT2D eigenvalue weighted by atomic mass is 10.3. The minimum absolute atomic E-state index is 0.0204. The molecule has 21 heavy (non-hydrogen) atoms. The second-order valence-corrected chi connectivity index (χ2v) is 7.40. The summed E-state index contributed by atoms with van der Waals surface area (Å²) >= 11 is 3.07. The minimum Gasteiger partial charge on any atom is -0.374 e. The first-order chi connectivity index (χ1) is 9.92. The molecule has 0 spiro atoms. The normalized spacial score (nSPS) is 20.6. The highest BCUT2D eigenvalue weighted by Crippen LogP contribution is 2.22. The van der Waals surface area contributed by atoms with Crippen LogP contribution in [0, 0.1) is 5.82 Å². The topological polar surface area (TPSA) is 58.6 Å². The molecule has 0 saturated carbocycles. The van der Waals surface area contributed by atoms with Crippen LogP contribution in [-0.2, 0) is 14.8 Å². The number of sulfonamides is 1. The predicted octanol–water partition coefficient (Wildman–Crippen LogP) is 1.59. The number of morpholine rings is 1. The summed E-state index contributed by atoms with van der Waals surface area (Å²) in [6.07, 6.45) is -0.173. The van der Waals surface area contributed by atoms with Crippen molar-refractivity contribution in [1.29, 1.82) is 0 Å². The lowest BCUT2D eigenvalue weighted by molar-refractivity contribution is -0.0229. The maximum Gasteiger partial charge on any atom is 0.241 e. The average Bonchev–Trinajstić information content (AvgIpc) is 2.45. The number of nitrogens with one attached hydrogen (secondary N) is 1. The third-order valence-electron chi connectivity index (χ3n) is 3.35. The molecule has 1 N–H and O–H groups in total. The van der Waals surface area contributed by atoms with Crippen LogP contribution in [0.1, 0.15) is 6.92 Å². The molecule has 1 aliphatic rings. The van der Waals surface area contributed by atoms with E-state index < -0.39 is 15.8 Å². The highest BCUT2D eigenvalue weighted by molar-refractivity contribution is 9.10. The fourth-order valence-corrected chi connectivity index (χ4v) is 4.28. The Morgan fingerprint density at radius 3 is 2.95 bits per heavy atom. The van der Waals surface area contributed by atoms with E-state index in [2.05, 4.69) is 32.5 Å². The number of hydrogen-bond donors (Lipinski definition) is 1. The second kappa shape index (κ2) is 7.15. The van der Waals surface area contributed by atoms with E-state index in [0.717, 1.165) is 25.2 Å². The molecule has 1 fully saturated rings. The highest BCUT2D eigenvalue weighted by atomic mass is 79.9. The smallest absolute Gasteiger partial charge is 0.241 e. The van der Waals surface area contributed by atoms with Crippen LogP contribution in [0.2, 0.25) is 0 Å². The van der Waals surface area contributed by atoms with Gasteiger partial charge in [-0.1, -0.05) is 6.92 Å². The predicted molar refractivity (Wildman–Crippen MR) is 81.1 cm³/mol. The van der Waals surface area contributed by atoms with Crippen molar-refractivity contribution in [3.8, 4) is 0 Å². The van der Waals surface area contributed by atoms with Crippen LogP contribution >= 0.6 is 15.9 Å². The summed E-state index contributed by atoms with van der Waals surface area (Å²) in [5, 5.41) is 0. The van der Waals surface area contributed by atoms with Gasteiger partial charge >= 0.3 is 0 Å². The lowest BCUT2D eigenvalue weighted by Crippen LogP contribution is -2.47. The number of nitrogens with zero attached hydrogens (tertiary/aromatic N) is 1. The van der Waals surface area contributed by atoms with Gasteiger partial charge in [0, 0.05) is 24.1 Å². The number of benzene rings is 1. The number of halogens is 2. The lowest BCUT2D eigenvalue weighted by Gasteiger charge is -2.32. The quantitative estimate of drug-likeness (QED) is 0.842. The molecule has 0 aromatic heterocycles. The van der Waals surface area contributed by atoms with Crippen molar-refractivity contribution in [3.63, 3.8) is 0 Å². The third-order valence-corrected chi connectivity index (χ3v) is 5.75. The van der Waals surface area contributed by atoms with E-state index in [9.17, 15) is 12.8 Å². The van der Waals surface area contributed by atoms with Gasteiger partial charge in [0.1, 0.15) is 5.82 Å². The summed E-state index contributed by atoms with van der Waals surface area (Å²) in [5.41, 5.74) is 0. The van der Waals surface area contributed by atoms with Gasteiger partial charge in [-0.3, -0.25) is 4.90 Å². The average molecular weight is 381 g/mol. The Morgan fingerprint density at radius 1 is 1.52 bits per heavy atom. The molecule has 1 saturated heterocycles. The van der Waals surface area contributed by atoms with Crippen LogP contribution in [0.15, 0.2) is 27.6 Å². The van der Waals surface area contributed by atoms with Crippen molar-refractivity contribution in [1.82, 2.24) is 9.62 Å². The largest absolute Gasteiger partial charge is 0.374 e. The summed E-state index contributed by atoms with van der Waals surface area (Å²) in [6.45, 7) is 5.33. The number of hydrogen-bond acceptors (Lipinski definition) is 4. The molecule has 1 heterocycles. The van der Waals surface area contributed by atoms with Gasteiger partial charge in [0.05, 0.1) is 17.6 Å². The SMILES string of the molecule is CCN1CCOC(CNS(=O)(=O)c2ccc(F)cc2Br)C1. The zero-order chi connectivity index (χ0) is 15.5. The van der Waals surface area contributed by atoms with Gasteiger partial charge in [-0.2, -0.15) is 0 Å². The van der Waals surface area contributed by atoms with Crippen LogP contribution in [0.3, 0.4) is 0 Å². The Hall–Kier alpha value is -0.540. The fourth-order valence-electron chi connectivity index (χ4n) is 2.16. The molecule has 1 atom stereocenters. The van der Waals surface area contributed by atoms with Crippen LogP contribution in [-0.4, -0.2) is 52.2 Å². The van der Waals surface area contributed by atoms with Gasteiger partial charge in [0.15, 0.2) is 0 Å². The van der Waals surface area contributed by atoms with Crippen LogP contribution in [0.4, 0.5) is 4.39 Å². The summed E-state index contributed by atoms with van der Waals surface area (Å²) in [6, 6.07) is 3.49. The maximum absolute atomic E-state index is 13.0. The molecular weight excluding hydrogens is 363 g/mol. The van der Waals surface area contributed by atoms with Crippen molar-refractivity contribution in [3.05, 3.63) is 28.5 Å². The van der Waals surface area contributed by atoms with E-state index >= 15 is 0 Å². The zero-order valence-corrected chi connectivity index (χ0v) is 14.1. The number of rotatable bonds is 5. The molecule has 1 aromatic carbocycles. The molecule has 2 rings (SSSR count). The van der Waals surface area contributed by atoms with E-state index in [1.807, 2.05) is 0 Å². The van der Waals surface area contributed by atoms with Crippen molar-refractivity contribution in [2.75, 3.05) is 32.8 Å². The Kier molecular flexibility index (Phi) is 5.73. The van der Waals surface area contributed by atoms with Gasteiger partial charge in [-0.05, 0) is 40.7 Å². The van der Waals surface area contributed by atoms with Gasteiger partial charge in [-0.25, -0.2) is 17.5 Å². The summed E-state index contributed by atoms with van der Waals surface area (Å²) in [5.74, 6) is -0.491. The number of ether oxygens (including phenoxy) is 1. The molecule has 8 heteroatoms. The fraction of sp³-hybridized carbons (Fsp3) is 0.538. The summed E-state index contributed by atoms with van der Waals surface area (Å²) < 4.78 is 45.7. The minimum atomic E-state index is -3.69. The van der Waals surface area contributed by atoms with Crippen molar-refractivity contribution < 1.29 is 17.5 Å². The first-order valence-electron chi connectivity index (χ1n) is 6.71. The second-order valence-electron chi connectivity index (χ2n) is 4.81. The van der Waals surface area contributed by atoms with E-state index in [1.54, 1.807) is 0 Å². The molecule has 5 nitrogen and oxygen atoms in total. The van der Waals surface area contributed by atoms with Gasteiger partial charge in [0.25, 0.3) is 0 Å². The third kappa shape index (κ3) is 4.46. The molecule has 0 bridgehead atoms. The van der Waals surface area contributed by atoms with E-state index in [0.29, 0.717) is 13.2 Å². The molecule has 0 aliphatic carbocycles. The molecule has 118 valence electrons. The van der Waals surface area contributed by atoms with Crippen LogP contribution < -0.4 is 4.72 Å². The van der Waals surface area contributed by atoms with Gasteiger partial charge in [-0.15, -0.1) is 0 Å². The molecule has 1 unspecified atom stereocenters. The standard InChI is InChI=1S/C13H18BrFN2O3S/c1-2-17-5-6-20-11(9-17)8-16-21(18,19)13-4-3-10(15)7-12(13)14/h3-4,7,11,16H,2,5-6,8-9H2,1H3. The highest BCUT2D eigenvalue weighted by Gasteiger charge is 2.23.